The highest BCUT2D eigenvalue weighted by molar-refractivity contribution is 6.36. The maximum absolute atomic E-state index is 14.1. The number of fused-ring (bicyclic) bond motifs is 1. The van der Waals surface area contributed by atoms with Crippen LogP contribution >= 0.6 is 23.2 Å². The highest BCUT2D eigenvalue weighted by atomic mass is 35.5. The molecule has 4 nitrogen and oxygen atoms in total. The number of phenols is 1. The second-order valence-electron chi connectivity index (χ2n) is 8.38. The summed E-state index contributed by atoms with van der Waals surface area (Å²) in [5.41, 5.74) is -1.69. The van der Waals surface area contributed by atoms with Crippen LogP contribution in [0.15, 0.2) is 39.5 Å². The molecule has 9 heteroatoms. The Hall–Kier alpha value is -2.22. The molecule has 1 aliphatic rings. The fraction of sp³-hybridized carbons (Fsp3) is 0.375. The lowest BCUT2D eigenvalue weighted by Gasteiger charge is -2.32. The highest BCUT2D eigenvalue weighted by Gasteiger charge is 2.40. The van der Waals surface area contributed by atoms with E-state index in [4.69, 9.17) is 27.6 Å². The van der Waals surface area contributed by atoms with E-state index in [0.717, 1.165) is 37.1 Å². The number of hydrogen-bond donors (Lipinski definition) is 2. The van der Waals surface area contributed by atoms with Crippen LogP contribution in [0.4, 0.5) is 13.2 Å². The Kier molecular flexibility index (Phi) is 6.67. The molecule has 0 radical (unpaired) electrons. The Bertz CT molecular complexity index is 1260. The largest absolute Gasteiger partial charge is 0.507 e. The van der Waals surface area contributed by atoms with E-state index < -0.39 is 22.9 Å². The van der Waals surface area contributed by atoms with Gasteiger partial charge in [0.05, 0.1) is 34.1 Å². The number of likely N-dealkylation sites (tertiary alicyclic amines) is 1. The molecule has 3 aromatic rings. The molecular weight excluding hydrogens is 478 g/mol. The first-order valence-corrected chi connectivity index (χ1v) is 11.6. The number of quaternary nitrogens is 1. The molecule has 0 saturated carbocycles. The van der Waals surface area contributed by atoms with Crippen LogP contribution in [0.25, 0.3) is 22.1 Å². The van der Waals surface area contributed by atoms with E-state index in [1.165, 1.54) is 30.3 Å². The normalized spacial score (nSPS) is 19.2. The zero-order valence-corrected chi connectivity index (χ0v) is 19.4. The van der Waals surface area contributed by atoms with E-state index >= 15 is 0 Å². The molecule has 4 rings (SSSR count). The minimum atomic E-state index is -4.96. The van der Waals surface area contributed by atoms with Gasteiger partial charge in [-0.15, -0.1) is 0 Å². The Morgan fingerprint density at radius 1 is 1.18 bits per heavy atom. The van der Waals surface area contributed by atoms with Crippen molar-refractivity contribution in [1.82, 2.24) is 0 Å². The summed E-state index contributed by atoms with van der Waals surface area (Å²) in [6, 6.07) is 6.85. The van der Waals surface area contributed by atoms with Gasteiger partial charge in [-0.05, 0) is 49.9 Å². The lowest BCUT2D eigenvalue weighted by molar-refractivity contribution is -0.944. The molecule has 1 aliphatic heterocycles. The first kappa shape index (κ1) is 23.9. The molecule has 1 aromatic heterocycles. The Labute approximate surface area is 198 Å². The number of halogens is 5. The lowest BCUT2D eigenvalue weighted by Crippen LogP contribution is -3.15. The van der Waals surface area contributed by atoms with Crippen LogP contribution in [0.5, 0.6) is 5.75 Å². The van der Waals surface area contributed by atoms with Crippen LogP contribution < -0.4 is 10.3 Å². The highest BCUT2D eigenvalue weighted by Crippen LogP contribution is 2.41. The quantitative estimate of drug-likeness (QED) is 0.473. The molecule has 1 saturated heterocycles. The minimum absolute atomic E-state index is 0.0405. The van der Waals surface area contributed by atoms with E-state index in [1.807, 2.05) is 0 Å². The molecule has 0 aliphatic carbocycles. The average molecular weight is 501 g/mol. The zero-order valence-electron chi connectivity index (χ0n) is 17.9. The number of rotatable bonds is 4. The molecule has 1 fully saturated rings. The summed E-state index contributed by atoms with van der Waals surface area (Å²) in [4.78, 5) is 14.5. The van der Waals surface area contributed by atoms with Gasteiger partial charge in [0.25, 0.3) is 0 Å². The molecule has 2 aromatic carbocycles. The van der Waals surface area contributed by atoms with Crippen molar-refractivity contribution >= 4 is 34.2 Å². The number of phenolic OH excluding ortho intramolecular Hbond substituents is 1. The molecule has 1 unspecified atom stereocenters. The molecule has 0 amide bonds. The molecule has 176 valence electrons. The van der Waals surface area contributed by atoms with Crippen LogP contribution in [-0.4, -0.2) is 17.7 Å². The Balaban J connectivity index is 1.97. The average Bonchev–Trinajstić information content (AvgIpc) is 2.76. The Morgan fingerprint density at radius 3 is 2.61 bits per heavy atom. The topological polar surface area (TPSA) is 54.9 Å². The van der Waals surface area contributed by atoms with E-state index in [9.17, 15) is 23.1 Å². The molecule has 2 N–H and O–H groups in total. The summed E-state index contributed by atoms with van der Waals surface area (Å²) in [6.07, 6.45) is -0.944. The van der Waals surface area contributed by atoms with Gasteiger partial charge in [0.2, 0.25) is 11.2 Å². The van der Waals surface area contributed by atoms with Crippen LogP contribution in [-0.2, 0) is 12.7 Å². The molecule has 0 bridgehead atoms. The summed E-state index contributed by atoms with van der Waals surface area (Å²) in [7, 11) is 0. The molecule has 2 atom stereocenters. The van der Waals surface area contributed by atoms with Crippen molar-refractivity contribution in [2.24, 2.45) is 0 Å². The van der Waals surface area contributed by atoms with Gasteiger partial charge in [0.1, 0.15) is 12.3 Å². The van der Waals surface area contributed by atoms with E-state index in [0.29, 0.717) is 6.04 Å². The predicted molar refractivity (Wildman–Crippen MR) is 122 cm³/mol. The van der Waals surface area contributed by atoms with Gasteiger partial charge >= 0.3 is 6.18 Å². The van der Waals surface area contributed by atoms with Gasteiger partial charge in [-0.3, -0.25) is 4.79 Å². The number of benzene rings is 2. The van der Waals surface area contributed by atoms with Crippen LogP contribution in [0.2, 0.25) is 10.0 Å². The SMILES string of the molecule is CC[C@H]1CCCC[NH+]1Cc1c(O)ccc2c(=O)c(-c3ccc(Cl)cc3Cl)c(C(F)(F)F)oc12. The van der Waals surface area contributed by atoms with Gasteiger partial charge < -0.3 is 14.4 Å². The van der Waals surface area contributed by atoms with Crippen molar-refractivity contribution in [1.29, 1.82) is 0 Å². The fourth-order valence-corrected chi connectivity index (χ4v) is 5.22. The lowest BCUT2D eigenvalue weighted by atomic mass is 9.97. The standard InChI is InChI=1S/C24H22Cl2F3NO3/c1-2-14-5-3-4-10-30(14)12-17-19(31)9-8-16-21(32)20(15-7-6-13(25)11-18(15)26)23(24(27,28)29)33-22(16)17/h6-9,11,14,31H,2-5,10,12H2,1H3/p+1/t14-/m0/s1. The monoisotopic (exact) mass is 500 g/mol. The number of hydrogen-bond acceptors (Lipinski definition) is 3. The van der Waals surface area contributed by atoms with Gasteiger partial charge in [0, 0.05) is 10.6 Å². The van der Waals surface area contributed by atoms with Crippen molar-refractivity contribution in [2.75, 3.05) is 6.54 Å². The smallest absolute Gasteiger partial charge is 0.450 e. The van der Waals surface area contributed by atoms with Crippen molar-refractivity contribution in [3.05, 3.63) is 61.9 Å². The summed E-state index contributed by atoms with van der Waals surface area (Å²) in [6.45, 7) is 3.18. The van der Waals surface area contributed by atoms with Crippen LogP contribution in [0.1, 0.15) is 43.9 Å². The van der Waals surface area contributed by atoms with Gasteiger partial charge in [0.15, 0.2) is 5.58 Å². The second kappa shape index (κ2) is 9.20. The fourth-order valence-electron chi connectivity index (χ4n) is 4.71. The first-order valence-electron chi connectivity index (χ1n) is 10.8. The van der Waals surface area contributed by atoms with Crippen LogP contribution in [0.3, 0.4) is 0 Å². The molecule has 0 spiro atoms. The second-order valence-corrected chi connectivity index (χ2v) is 9.23. The number of nitrogens with one attached hydrogen (secondary N) is 1. The van der Waals surface area contributed by atoms with Gasteiger partial charge in [-0.1, -0.05) is 36.2 Å². The number of aromatic hydroxyl groups is 1. The van der Waals surface area contributed by atoms with Crippen molar-refractivity contribution in [3.63, 3.8) is 0 Å². The molecule has 2 heterocycles. The van der Waals surface area contributed by atoms with Gasteiger partial charge in [-0.25, -0.2) is 0 Å². The number of alkyl halides is 3. The van der Waals surface area contributed by atoms with E-state index in [1.54, 1.807) is 0 Å². The van der Waals surface area contributed by atoms with Crippen LogP contribution in [0, 0.1) is 0 Å². The third-order valence-corrected chi connectivity index (χ3v) is 6.92. The maximum atomic E-state index is 14.1. The van der Waals surface area contributed by atoms with Gasteiger partial charge in [-0.2, -0.15) is 13.2 Å². The Morgan fingerprint density at radius 2 is 1.94 bits per heavy atom. The van der Waals surface area contributed by atoms with Crippen molar-refractivity contribution in [2.45, 2.75) is 51.4 Å². The molecule has 33 heavy (non-hydrogen) atoms. The first-order chi connectivity index (χ1) is 15.6. The predicted octanol–water partition coefficient (Wildman–Crippen LogP) is 5.84. The van der Waals surface area contributed by atoms with E-state index in [-0.39, 0.29) is 44.4 Å². The summed E-state index contributed by atoms with van der Waals surface area (Å²) in [5, 5.41) is 10.6. The van der Waals surface area contributed by atoms with Crippen molar-refractivity contribution in [3.8, 4) is 16.9 Å². The van der Waals surface area contributed by atoms with Crippen molar-refractivity contribution < 1.29 is 27.6 Å². The molecular formula is C24H23Cl2F3NO3+. The minimum Gasteiger partial charge on any atom is -0.507 e. The summed E-state index contributed by atoms with van der Waals surface area (Å²) in [5.74, 6) is -1.64. The third-order valence-electron chi connectivity index (χ3n) is 6.37. The zero-order chi connectivity index (χ0) is 23.9. The summed E-state index contributed by atoms with van der Waals surface area (Å²) < 4.78 is 47.7. The third kappa shape index (κ3) is 4.59. The number of piperidine rings is 1. The van der Waals surface area contributed by atoms with E-state index in [2.05, 4.69) is 6.92 Å². The summed E-state index contributed by atoms with van der Waals surface area (Å²) >= 11 is 12.0. The maximum Gasteiger partial charge on any atom is 0.450 e.